The van der Waals surface area contributed by atoms with Crippen molar-refractivity contribution in [3.8, 4) is 17.6 Å². The SMILES string of the molecule is N#Cc1ccccc1COc1c(Br)cc(/C=C2\SC(=O)N(CCOc3ccccc3)C2=O)cc1Br. The zero-order valence-electron chi connectivity index (χ0n) is 18.2. The summed E-state index contributed by atoms with van der Waals surface area (Å²) in [6.45, 7) is 0.610. The minimum absolute atomic E-state index is 0.168. The third-order valence-corrected chi connectivity index (χ3v) is 7.11. The highest BCUT2D eigenvalue weighted by molar-refractivity contribution is 9.11. The predicted molar refractivity (Wildman–Crippen MR) is 142 cm³/mol. The lowest BCUT2D eigenvalue weighted by molar-refractivity contribution is -0.123. The largest absolute Gasteiger partial charge is 0.492 e. The number of ether oxygens (including phenoxy) is 2. The van der Waals surface area contributed by atoms with E-state index in [4.69, 9.17) is 9.47 Å². The smallest absolute Gasteiger partial charge is 0.293 e. The van der Waals surface area contributed by atoms with Crippen LogP contribution in [0.1, 0.15) is 16.7 Å². The number of rotatable bonds is 8. The Bertz CT molecular complexity index is 1320. The van der Waals surface area contributed by atoms with Crippen molar-refractivity contribution in [2.45, 2.75) is 6.61 Å². The van der Waals surface area contributed by atoms with Crippen molar-refractivity contribution in [2.24, 2.45) is 0 Å². The van der Waals surface area contributed by atoms with Gasteiger partial charge in [-0.05, 0) is 85.6 Å². The van der Waals surface area contributed by atoms with Gasteiger partial charge in [-0.25, -0.2) is 0 Å². The first-order valence-corrected chi connectivity index (χ1v) is 12.9. The van der Waals surface area contributed by atoms with Gasteiger partial charge in [-0.1, -0.05) is 36.4 Å². The maximum atomic E-state index is 12.8. The van der Waals surface area contributed by atoms with Crippen LogP contribution in [0, 0.1) is 11.3 Å². The van der Waals surface area contributed by atoms with Crippen LogP contribution in [0.3, 0.4) is 0 Å². The van der Waals surface area contributed by atoms with Crippen LogP contribution in [-0.4, -0.2) is 29.2 Å². The molecule has 1 aliphatic rings. The van der Waals surface area contributed by atoms with Crippen molar-refractivity contribution in [1.82, 2.24) is 4.90 Å². The van der Waals surface area contributed by atoms with Crippen LogP contribution in [0.5, 0.6) is 11.5 Å². The van der Waals surface area contributed by atoms with Crippen molar-refractivity contribution in [2.75, 3.05) is 13.2 Å². The number of thioether (sulfide) groups is 1. The average Bonchev–Trinajstić information content (AvgIpc) is 3.11. The fourth-order valence-electron chi connectivity index (χ4n) is 3.32. The van der Waals surface area contributed by atoms with E-state index in [2.05, 4.69) is 37.9 Å². The fourth-order valence-corrected chi connectivity index (χ4v) is 5.64. The molecule has 0 aromatic heterocycles. The van der Waals surface area contributed by atoms with Crippen molar-refractivity contribution in [3.63, 3.8) is 0 Å². The Labute approximate surface area is 223 Å². The number of para-hydroxylation sites is 1. The Kier molecular flexibility index (Phi) is 8.29. The first-order chi connectivity index (χ1) is 17.0. The molecule has 0 saturated carbocycles. The number of nitriles is 1. The van der Waals surface area contributed by atoms with E-state index in [1.807, 2.05) is 54.6 Å². The highest BCUT2D eigenvalue weighted by Gasteiger charge is 2.34. The quantitative estimate of drug-likeness (QED) is 0.261. The highest BCUT2D eigenvalue weighted by atomic mass is 79.9. The van der Waals surface area contributed by atoms with E-state index in [1.54, 1.807) is 18.2 Å². The first-order valence-electron chi connectivity index (χ1n) is 10.5. The van der Waals surface area contributed by atoms with Gasteiger partial charge in [-0.15, -0.1) is 0 Å². The predicted octanol–water partition coefficient (Wildman–Crippen LogP) is 6.78. The molecule has 3 aromatic carbocycles. The van der Waals surface area contributed by atoms with Gasteiger partial charge in [0, 0.05) is 5.56 Å². The summed E-state index contributed by atoms with van der Waals surface area (Å²) in [7, 11) is 0. The minimum Gasteiger partial charge on any atom is -0.492 e. The van der Waals surface area contributed by atoms with Crippen LogP contribution in [0.25, 0.3) is 6.08 Å². The van der Waals surface area contributed by atoms with E-state index in [1.165, 1.54) is 4.90 Å². The number of carbonyl (C=O) groups excluding carboxylic acids is 2. The molecule has 6 nitrogen and oxygen atoms in total. The van der Waals surface area contributed by atoms with Crippen LogP contribution in [0.15, 0.2) is 80.6 Å². The van der Waals surface area contributed by atoms with Crippen molar-refractivity contribution >= 4 is 60.8 Å². The summed E-state index contributed by atoms with van der Waals surface area (Å²) in [5.41, 5.74) is 2.06. The van der Waals surface area contributed by atoms with Crippen LogP contribution >= 0.6 is 43.6 Å². The zero-order valence-corrected chi connectivity index (χ0v) is 22.2. The maximum absolute atomic E-state index is 12.8. The number of carbonyl (C=O) groups is 2. The maximum Gasteiger partial charge on any atom is 0.293 e. The normalized spacial score (nSPS) is 14.3. The highest BCUT2D eigenvalue weighted by Crippen LogP contribution is 2.38. The molecule has 3 aromatic rings. The molecule has 0 N–H and O–H groups in total. The van der Waals surface area contributed by atoms with Crippen LogP contribution in [0.2, 0.25) is 0 Å². The molecule has 0 bridgehead atoms. The van der Waals surface area contributed by atoms with Gasteiger partial charge in [0.2, 0.25) is 0 Å². The Hall–Kier alpha value is -3.06. The summed E-state index contributed by atoms with van der Waals surface area (Å²) < 4.78 is 12.9. The van der Waals surface area contributed by atoms with Crippen LogP contribution in [0.4, 0.5) is 4.79 Å². The molecule has 0 radical (unpaired) electrons. The Morgan fingerprint density at radius 3 is 2.37 bits per heavy atom. The third-order valence-electron chi connectivity index (χ3n) is 5.03. The summed E-state index contributed by atoms with van der Waals surface area (Å²) in [5, 5.41) is 8.93. The van der Waals surface area contributed by atoms with E-state index >= 15 is 0 Å². The number of imide groups is 1. The third kappa shape index (κ3) is 6.14. The van der Waals surface area contributed by atoms with Crippen molar-refractivity contribution in [3.05, 3.63) is 97.3 Å². The number of hydrogen-bond acceptors (Lipinski definition) is 6. The van der Waals surface area contributed by atoms with Gasteiger partial charge in [0.25, 0.3) is 11.1 Å². The van der Waals surface area contributed by atoms with Crippen LogP contribution < -0.4 is 9.47 Å². The molecule has 176 valence electrons. The average molecular weight is 614 g/mol. The van der Waals surface area contributed by atoms with Gasteiger partial charge < -0.3 is 9.47 Å². The molecule has 35 heavy (non-hydrogen) atoms. The molecule has 1 heterocycles. The molecule has 2 amide bonds. The van der Waals surface area contributed by atoms with Gasteiger partial charge in [0.05, 0.1) is 32.0 Å². The fraction of sp³-hybridized carbons (Fsp3) is 0.115. The van der Waals surface area contributed by atoms with Gasteiger partial charge in [0.15, 0.2) is 0 Å². The number of hydrogen-bond donors (Lipinski definition) is 0. The number of amides is 2. The van der Waals surface area contributed by atoms with Gasteiger partial charge >= 0.3 is 0 Å². The molecule has 1 aliphatic heterocycles. The monoisotopic (exact) mass is 612 g/mol. The molecular formula is C26H18Br2N2O4S. The first kappa shape index (κ1) is 25.0. The summed E-state index contributed by atoms with van der Waals surface area (Å²) in [4.78, 5) is 26.7. The van der Waals surface area contributed by atoms with Crippen molar-refractivity contribution in [1.29, 1.82) is 5.26 Å². The lowest BCUT2D eigenvalue weighted by Crippen LogP contribution is -2.32. The Morgan fingerprint density at radius 1 is 0.971 bits per heavy atom. The van der Waals surface area contributed by atoms with E-state index < -0.39 is 0 Å². The molecule has 0 atom stereocenters. The van der Waals surface area contributed by atoms with E-state index in [9.17, 15) is 14.9 Å². The van der Waals surface area contributed by atoms with E-state index in [0.717, 1.165) is 22.9 Å². The van der Waals surface area contributed by atoms with E-state index in [0.29, 0.717) is 30.9 Å². The standard InChI is InChI=1S/C26H18Br2N2O4S/c27-21-12-17(13-22(28)24(21)34-16-19-7-5-4-6-18(19)15-29)14-23-25(31)30(26(32)35-23)10-11-33-20-8-2-1-3-9-20/h1-9,12-14H,10-11,16H2/b23-14-. The minimum atomic E-state index is -0.350. The Morgan fingerprint density at radius 2 is 1.66 bits per heavy atom. The Balaban J connectivity index is 1.43. The topological polar surface area (TPSA) is 79.6 Å². The second kappa shape index (κ2) is 11.6. The van der Waals surface area contributed by atoms with Crippen LogP contribution in [-0.2, 0) is 11.4 Å². The molecule has 0 spiro atoms. The molecule has 1 fully saturated rings. The zero-order chi connectivity index (χ0) is 24.8. The number of nitrogens with zero attached hydrogens (tertiary/aromatic N) is 2. The second-order valence-electron chi connectivity index (χ2n) is 7.37. The molecule has 4 rings (SSSR count). The molecule has 0 aliphatic carbocycles. The van der Waals surface area contributed by atoms with Gasteiger partial charge in [-0.2, -0.15) is 5.26 Å². The van der Waals surface area contributed by atoms with E-state index in [-0.39, 0.29) is 30.9 Å². The summed E-state index contributed by atoms with van der Waals surface area (Å²) >= 11 is 7.93. The molecule has 9 heteroatoms. The van der Waals surface area contributed by atoms with Crippen molar-refractivity contribution < 1.29 is 19.1 Å². The van der Waals surface area contributed by atoms with Gasteiger partial charge in [-0.3, -0.25) is 14.5 Å². The summed E-state index contributed by atoms with van der Waals surface area (Å²) in [6.07, 6.45) is 1.67. The number of benzene rings is 3. The second-order valence-corrected chi connectivity index (χ2v) is 10.1. The summed E-state index contributed by atoms with van der Waals surface area (Å²) in [6, 6.07) is 22.3. The molecular weight excluding hydrogens is 596 g/mol. The lowest BCUT2D eigenvalue weighted by Gasteiger charge is -2.13. The number of halogens is 2. The van der Waals surface area contributed by atoms with Gasteiger partial charge in [0.1, 0.15) is 24.7 Å². The molecule has 0 unspecified atom stereocenters. The summed E-state index contributed by atoms with van der Waals surface area (Å²) in [5.74, 6) is 0.904. The molecule has 1 saturated heterocycles. The lowest BCUT2D eigenvalue weighted by atomic mass is 10.1.